The molecule has 2 N–H and O–H groups in total. The maximum Gasteiger partial charge on any atom is 0.387 e. The molecule has 0 saturated carbocycles. The fourth-order valence-corrected chi connectivity index (χ4v) is 3.17. The van der Waals surface area contributed by atoms with Crippen LogP contribution in [0.2, 0.25) is 0 Å². The molecule has 1 unspecified atom stereocenters. The molecule has 8 heteroatoms. The predicted molar refractivity (Wildman–Crippen MR) is 96.8 cm³/mol. The number of hydrogen-bond acceptors (Lipinski definition) is 4. The van der Waals surface area contributed by atoms with Gasteiger partial charge in [-0.25, -0.2) is 0 Å². The third-order valence-electron chi connectivity index (χ3n) is 4.68. The van der Waals surface area contributed by atoms with E-state index in [0.29, 0.717) is 17.7 Å². The lowest BCUT2D eigenvalue weighted by molar-refractivity contribution is -0.126. The van der Waals surface area contributed by atoms with E-state index in [9.17, 15) is 23.5 Å². The summed E-state index contributed by atoms with van der Waals surface area (Å²) in [6.07, 6.45) is 0. The SMILES string of the molecule is CC(C(=O)N[C@H](CO)c1cccc(OC(F)F)c1)N1Cc2ccccc2C1=O. The zero-order valence-electron chi connectivity index (χ0n) is 15.1. The van der Waals surface area contributed by atoms with Crippen LogP contribution in [0.25, 0.3) is 0 Å². The molecule has 1 aliphatic heterocycles. The molecular formula is C20H20F2N2O4. The Morgan fingerprint density at radius 1 is 1.25 bits per heavy atom. The van der Waals surface area contributed by atoms with Gasteiger partial charge in [-0.2, -0.15) is 8.78 Å². The van der Waals surface area contributed by atoms with Crippen LogP contribution in [0, 0.1) is 0 Å². The van der Waals surface area contributed by atoms with E-state index in [1.165, 1.54) is 23.1 Å². The van der Waals surface area contributed by atoms with Gasteiger partial charge < -0.3 is 20.1 Å². The van der Waals surface area contributed by atoms with Gasteiger partial charge in [0.2, 0.25) is 5.91 Å². The van der Waals surface area contributed by atoms with Crippen LogP contribution in [0.4, 0.5) is 8.78 Å². The number of ether oxygens (including phenoxy) is 1. The molecule has 2 aromatic rings. The summed E-state index contributed by atoms with van der Waals surface area (Å²) in [4.78, 5) is 26.6. The lowest BCUT2D eigenvalue weighted by Gasteiger charge is -2.26. The summed E-state index contributed by atoms with van der Waals surface area (Å²) >= 11 is 0. The highest BCUT2D eigenvalue weighted by Gasteiger charge is 2.34. The molecule has 0 spiro atoms. The van der Waals surface area contributed by atoms with E-state index in [4.69, 9.17) is 0 Å². The van der Waals surface area contributed by atoms with E-state index in [-0.39, 0.29) is 11.7 Å². The van der Waals surface area contributed by atoms with Crippen molar-refractivity contribution in [2.24, 2.45) is 0 Å². The lowest BCUT2D eigenvalue weighted by atomic mass is 10.1. The maximum atomic E-state index is 12.7. The van der Waals surface area contributed by atoms with E-state index < -0.39 is 31.2 Å². The first-order chi connectivity index (χ1) is 13.4. The third kappa shape index (κ3) is 4.12. The quantitative estimate of drug-likeness (QED) is 0.761. The van der Waals surface area contributed by atoms with Crippen LogP contribution in [0.3, 0.4) is 0 Å². The minimum atomic E-state index is -2.97. The minimum absolute atomic E-state index is 0.0709. The standard InChI is InChI=1S/C20H20F2N2O4/c1-12(24-10-14-5-2-3-8-16(14)19(24)27)18(26)23-17(11-25)13-6-4-7-15(9-13)28-20(21)22/h2-9,12,17,20,25H,10-11H2,1H3,(H,23,26)/t12?,17-/m1/s1. The molecule has 2 aromatic carbocycles. The van der Waals surface area contributed by atoms with E-state index in [2.05, 4.69) is 10.1 Å². The number of halogens is 2. The summed E-state index contributed by atoms with van der Waals surface area (Å²) in [6, 6.07) is 11.3. The fourth-order valence-electron chi connectivity index (χ4n) is 3.17. The monoisotopic (exact) mass is 390 g/mol. The second-order valence-electron chi connectivity index (χ2n) is 6.46. The Hall–Kier alpha value is -3.00. The number of amides is 2. The van der Waals surface area contributed by atoms with Crippen molar-refractivity contribution in [2.75, 3.05) is 6.61 Å². The van der Waals surface area contributed by atoms with Gasteiger partial charge in [-0.15, -0.1) is 0 Å². The summed E-state index contributed by atoms with van der Waals surface area (Å²) in [5.74, 6) is -0.759. The van der Waals surface area contributed by atoms with Gasteiger partial charge in [0.1, 0.15) is 11.8 Å². The van der Waals surface area contributed by atoms with Gasteiger partial charge in [0.25, 0.3) is 5.91 Å². The van der Waals surface area contributed by atoms with E-state index >= 15 is 0 Å². The minimum Gasteiger partial charge on any atom is -0.435 e. The Bertz CT molecular complexity index is 875. The Morgan fingerprint density at radius 2 is 2.00 bits per heavy atom. The number of rotatable bonds is 7. The van der Waals surface area contributed by atoms with Crippen LogP contribution in [0.1, 0.15) is 34.5 Å². The molecule has 0 aromatic heterocycles. The molecule has 148 valence electrons. The van der Waals surface area contributed by atoms with Crippen molar-refractivity contribution in [1.29, 1.82) is 0 Å². The van der Waals surface area contributed by atoms with Crippen molar-refractivity contribution in [3.05, 3.63) is 65.2 Å². The highest BCUT2D eigenvalue weighted by atomic mass is 19.3. The molecular weight excluding hydrogens is 370 g/mol. The second kappa shape index (κ2) is 8.35. The molecule has 2 amide bonds. The third-order valence-corrected chi connectivity index (χ3v) is 4.68. The normalized spacial score (nSPS) is 15.3. The maximum absolute atomic E-state index is 12.7. The highest BCUT2D eigenvalue weighted by molar-refractivity contribution is 6.01. The number of nitrogens with zero attached hydrogens (tertiary/aromatic N) is 1. The van der Waals surface area contributed by atoms with Crippen LogP contribution >= 0.6 is 0 Å². The molecule has 2 atom stereocenters. The summed E-state index contributed by atoms with van der Waals surface area (Å²) in [6.45, 7) is -1.49. The van der Waals surface area contributed by atoms with Crippen molar-refractivity contribution in [3.8, 4) is 5.75 Å². The number of fused-ring (bicyclic) bond motifs is 1. The molecule has 1 aliphatic rings. The molecule has 0 radical (unpaired) electrons. The first-order valence-electron chi connectivity index (χ1n) is 8.75. The average Bonchev–Trinajstić information content (AvgIpc) is 3.02. The van der Waals surface area contributed by atoms with Gasteiger partial charge in [0, 0.05) is 12.1 Å². The number of aliphatic hydroxyl groups is 1. The fraction of sp³-hybridized carbons (Fsp3) is 0.300. The Balaban J connectivity index is 1.70. The number of carbonyl (C=O) groups is 2. The van der Waals surface area contributed by atoms with Crippen molar-refractivity contribution < 1.29 is 28.2 Å². The molecule has 1 heterocycles. The van der Waals surface area contributed by atoms with Crippen molar-refractivity contribution in [3.63, 3.8) is 0 Å². The second-order valence-corrected chi connectivity index (χ2v) is 6.46. The van der Waals surface area contributed by atoms with E-state index in [1.54, 1.807) is 25.1 Å². The molecule has 0 bridgehead atoms. The van der Waals surface area contributed by atoms with Crippen molar-refractivity contribution >= 4 is 11.8 Å². The van der Waals surface area contributed by atoms with Gasteiger partial charge in [-0.05, 0) is 36.2 Å². The Labute approximate surface area is 160 Å². The predicted octanol–water partition coefficient (Wildman–Crippen LogP) is 2.48. The van der Waals surface area contributed by atoms with Gasteiger partial charge >= 0.3 is 6.61 Å². The lowest BCUT2D eigenvalue weighted by Crippen LogP contribution is -2.46. The molecule has 0 fully saturated rings. The van der Waals surface area contributed by atoms with Crippen LogP contribution in [0.5, 0.6) is 5.75 Å². The van der Waals surface area contributed by atoms with Gasteiger partial charge in [-0.3, -0.25) is 9.59 Å². The van der Waals surface area contributed by atoms with Gasteiger partial charge in [0.15, 0.2) is 0 Å². The molecule has 6 nitrogen and oxygen atoms in total. The Morgan fingerprint density at radius 3 is 2.68 bits per heavy atom. The smallest absolute Gasteiger partial charge is 0.387 e. The Kier molecular flexibility index (Phi) is 5.89. The van der Waals surface area contributed by atoms with Gasteiger partial charge in [-0.1, -0.05) is 30.3 Å². The molecule has 0 saturated heterocycles. The number of nitrogens with one attached hydrogen (secondary N) is 1. The number of hydrogen-bond donors (Lipinski definition) is 2. The number of benzene rings is 2. The number of alkyl halides is 2. The van der Waals surface area contributed by atoms with Crippen LogP contribution in [0.15, 0.2) is 48.5 Å². The van der Waals surface area contributed by atoms with Crippen molar-refractivity contribution in [2.45, 2.75) is 32.2 Å². The van der Waals surface area contributed by atoms with Gasteiger partial charge in [0.05, 0.1) is 12.6 Å². The first kappa shape index (κ1) is 19.8. The van der Waals surface area contributed by atoms with Crippen LogP contribution in [-0.2, 0) is 11.3 Å². The molecule has 28 heavy (non-hydrogen) atoms. The summed E-state index contributed by atoms with van der Waals surface area (Å²) < 4.78 is 29.1. The van der Waals surface area contributed by atoms with Crippen LogP contribution in [-0.4, -0.2) is 41.1 Å². The topological polar surface area (TPSA) is 78.9 Å². The number of carbonyl (C=O) groups excluding carboxylic acids is 2. The first-order valence-corrected chi connectivity index (χ1v) is 8.75. The zero-order chi connectivity index (χ0) is 20.3. The van der Waals surface area contributed by atoms with Crippen molar-refractivity contribution in [1.82, 2.24) is 10.2 Å². The average molecular weight is 390 g/mol. The molecule has 3 rings (SSSR count). The summed E-state index contributed by atoms with van der Waals surface area (Å²) in [7, 11) is 0. The zero-order valence-corrected chi connectivity index (χ0v) is 15.1. The van der Waals surface area contributed by atoms with E-state index in [1.807, 2.05) is 12.1 Å². The summed E-state index contributed by atoms with van der Waals surface area (Å²) in [5.41, 5.74) is 1.83. The molecule has 0 aliphatic carbocycles. The van der Waals surface area contributed by atoms with E-state index in [0.717, 1.165) is 5.56 Å². The largest absolute Gasteiger partial charge is 0.435 e. The summed E-state index contributed by atoms with van der Waals surface area (Å²) in [5, 5.41) is 12.3. The van der Waals surface area contributed by atoms with Crippen LogP contribution < -0.4 is 10.1 Å². The number of aliphatic hydroxyl groups excluding tert-OH is 1. The highest BCUT2D eigenvalue weighted by Crippen LogP contribution is 2.25.